The van der Waals surface area contributed by atoms with Crippen LogP contribution in [0.4, 0.5) is 5.69 Å². The summed E-state index contributed by atoms with van der Waals surface area (Å²) in [6, 6.07) is 12.8. The van der Waals surface area contributed by atoms with E-state index in [1.807, 2.05) is 24.4 Å². The smallest absolute Gasteiger partial charge is 0.339 e. The van der Waals surface area contributed by atoms with E-state index in [2.05, 4.69) is 14.7 Å². The normalized spacial score (nSPS) is 16.1. The molecule has 1 unspecified atom stereocenters. The number of aromatic nitrogens is 2. The summed E-state index contributed by atoms with van der Waals surface area (Å²) in [5.41, 5.74) is 3.90. The lowest BCUT2D eigenvalue weighted by Crippen LogP contribution is -2.29. The van der Waals surface area contributed by atoms with Crippen molar-refractivity contribution >= 4 is 23.2 Å². The third-order valence-electron chi connectivity index (χ3n) is 4.84. The molecule has 1 N–H and O–H groups in total. The number of carbonyl (C=O) groups is 2. The number of rotatable bonds is 3. The van der Waals surface area contributed by atoms with E-state index < -0.39 is 5.97 Å². The highest BCUT2D eigenvalue weighted by Gasteiger charge is 2.28. The Morgan fingerprint density at radius 2 is 2.00 bits per heavy atom. The van der Waals surface area contributed by atoms with E-state index >= 15 is 0 Å². The summed E-state index contributed by atoms with van der Waals surface area (Å²) in [5.74, 6) is -0.709. The van der Waals surface area contributed by atoms with Gasteiger partial charge in [0.2, 0.25) is 5.91 Å². The third-order valence-corrected chi connectivity index (χ3v) is 4.84. The Morgan fingerprint density at radius 3 is 2.85 bits per heavy atom. The molecule has 1 aliphatic carbocycles. The summed E-state index contributed by atoms with van der Waals surface area (Å²) in [6.07, 6.45) is 4.12. The minimum Gasteiger partial charge on any atom is -0.465 e. The number of anilines is 1. The van der Waals surface area contributed by atoms with Gasteiger partial charge in [-0.3, -0.25) is 4.79 Å². The number of esters is 1. The molecule has 0 bridgehead atoms. The number of nitrogens with zero attached hydrogens (tertiary/aromatic N) is 2. The number of fused-ring (bicyclic) bond motifs is 3. The van der Waals surface area contributed by atoms with E-state index in [0.29, 0.717) is 17.7 Å². The Labute approximate surface area is 150 Å². The number of pyridine rings is 1. The van der Waals surface area contributed by atoms with Crippen LogP contribution in [0.5, 0.6) is 0 Å². The van der Waals surface area contributed by atoms with E-state index in [1.54, 1.807) is 24.3 Å². The van der Waals surface area contributed by atoms with Gasteiger partial charge in [0, 0.05) is 24.2 Å². The van der Waals surface area contributed by atoms with E-state index in [0.717, 1.165) is 29.9 Å². The molecule has 0 spiro atoms. The van der Waals surface area contributed by atoms with Crippen LogP contribution in [0.15, 0.2) is 48.7 Å². The number of para-hydroxylation sites is 1. The summed E-state index contributed by atoms with van der Waals surface area (Å²) in [4.78, 5) is 29.3. The number of aryl methyl sites for hydroxylation is 1. The molecule has 3 aromatic rings. The topological polar surface area (TPSA) is 72.7 Å². The fourth-order valence-electron chi connectivity index (χ4n) is 3.50. The average molecular weight is 349 g/mol. The summed E-state index contributed by atoms with van der Waals surface area (Å²) in [5, 5.41) is 2.90. The SMILES string of the molecule is COC(=O)c1ccccc1NC(=O)C1CCc2nc3ccccn3c2C1. The number of hydrogen-bond acceptors (Lipinski definition) is 4. The minimum absolute atomic E-state index is 0.0853. The highest BCUT2D eigenvalue weighted by atomic mass is 16.5. The molecule has 0 radical (unpaired) electrons. The molecule has 6 heteroatoms. The zero-order valence-corrected chi connectivity index (χ0v) is 14.4. The van der Waals surface area contributed by atoms with E-state index in [-0.39, 0.29) is 11.8 Å². The molecule has 1 aromatic carbocycles. The van der Waals surface area contributed by atoms with Gasteiger partial charge in [-0.2, -0.15) is 0 Å². The number of carbonyl (C=O) groups excluding carboxylic acids is 2. The summed E-state index contributed by atoms with van der Waals surface area (Å²) >= 11 is 0. The van der Waals surface area contributed by atoms with Gasteiger partial charge in [0.25, 0.3) is 0 Å². The molecular formula is C20H19N3O3. The molecule has 0 aliphatic heterocycles. The van der Waals surface area contributed by atoms with E-state index in [4.69, 9.17) is 4.74 Å². The van der Waals surface area contributed by atoms with Crippen molar-refractivity contribution in [2.24, 2.45) is 5.92 Å². The van der Waals surface area contributed by atoms with Crippen LogP contribution < -0.4 is 5.32 Å². The number of ether oxygens (including phenoxy) is 1. The number of imidazole rings is 1. The van der Waals surface area contributed by atoms with Gasteiger partial charge in [0.1, 0.15) is 5.65 Å². The van der Waals surface area contributed by atoms with Crippen molar-refractivity contribution in [1.82, 2.24) is 9.38 Å². The predicted molar refractivity (Wildman–Crippen MR) is 97.1 cm³/mol. The summed E-state index contributed by atoms with van der Waals surface area (Å²) in [7, 11) is 1.33. The van der Waals surface area contributed by atoms with E-state index in [9.17, 15) is 9.59 Å². The maximum Gasteiger partial charge on any atom is 0.339 e. The van der Waals surface area contributed by atoms with Crippen molar-refractivity contribution in [3.05, 3.63) is 65.6 Å². The number of benzene rings is 1. The molecule has 4 rings (SSSR count). The third kappa shape index (κ3) is 2.83. The van der Waals surface area contributed by atoms with Crippen molar-refractivity contribution in [1.29, 1.82) is 0 Å². The van der Waals surface area contributed by atoms with Gasteiger partial charge in [-0.05, 0) is 37.1 Å². The van der Waals surface area contributed by atoms with Crippen LogP contribution in [0.2, 0.25) is 0 Å². The maximum atomic E-state index is 12.8. The van der Waals surface area contributed by atoms with Crippen LogP contribution >= 0.6 is 0 Å². The molecule has 0 fully saturated rings. The Morgan fingerprint density at radius 1 is 1.19 bits per heavy atom. The van der Waals surface area contributed by atoms with Crippen LogP contribution in [0.1, 0.15) is 28.2 Å². The van der Waals surface area contributed by atoms with Crippen molar-refractivity contribution in [2.45, 2.75) is 19.3 Å². The molecule has 0 saturated heterocycles. The second-order valence-electron chi connectivity index (χ2n) is 6.40. The van der Waals surface area contributed by atoms with Gasteiger partial charge in [-0.1, -0.05) is 18.2 Å². The van der Waals surface area contributed by atoms with Gasteiger partial charge >= 0.3 is 5.97 Å². The first-order valence-electron chi connectivity index (χ1n) is 8.60. The maximum absolute atomic E-state index is 12.8. The van der Waals surface area contributed by atoms with Crippen LogP contribution in [-0.4, -0.2) is 28.4 Å². The molecule has 132 valence electrons. The Balaban J connectivity index is 1.56. The van der Waals surface area contributed by atoms with Crippen LogP contribution in [0.3, 0.4) is 0 Å². The second kappa shape index (κ2) is 6.63. The van der Waals surface area contributed by atoms with Gasteiger partial charge in [-0.15, -0.1) is 0 Å². The molecule has 1 amide bonds. The first-order valence-corrected chi connectivity index (χ1v) is 8.60. The van der Waals surface area contributed by atoms with Crippen molar-refractivity contribution < 1.29 is 14.3 Å². The quantitative estimate of drug-likeness (QED) is 0.738. The fourth-order valence-corrected chi connectivity index (χ4v) is 3.50. The van der Waals surface area contributed by atoms with Crippen molar-refractivity contribution in [3.8, 4) is 0 Å². The molecule has 2 heterocycles. The first kappa shape index (κ1) is 16.3. The lowest BCUT2D eigenvalue weighted by Gasteiger charge is -2.21. The lowest BCUT2D eigenvalue weighted by molar-refractivity contribution is -0.120. The van der Waals surface area contributed by atoms with Gasteiger partial charge < -0.3 is 14.5 Å². The number of hydrogen-bond donors (Lipinski definition) is 1. The molecule has 1 atom stereocenters. The standard InChI is InChI=1S/C20H19N3O3/c1-26-20(25)14-6-2-3-7-15(14)22-19(24)13-9-10-16-17(12-13)23-11-5-4-8-18(23)21-16/h2-8,11,13H,9-10,12H2,1H3,(H,22,24). The molecular weight excluding hydrogens is 330 g/mol. The first-order chi connectivity index (χ1) is 12.7. The van der Waals surface area contributed by atoms with Crippen molar-refractivity contribution in [3.63, 3.8) is 0 Å². The Bertz CT molecular complexity index is 993. The molecule has 26 heavy (non-hydrogen) atoms. The Hall–Kier alpha value is -3.15. The van der Waals surface area contributed by atoms with Crippen LogP contribution in [0, 0.1) is 5.92 Å². The monoisotopic (exact) mass is 349 g/mol. The highest BCUT2D eigenvalue weighted by Crippen LogP contribution is 2.28. The molecule has 6 nitrogen and oxygen atoms in total. The van der Waals surface area contributed by atoms with Crippen molar-refractivity contribution in [2.75, 3.05) is 12.4 Å². The minimum atomic E-state index is -0.464. The lowest BCUT2D eigenvalue weighted by atomic mass is 9.89. The number of amides is 1. The summed E-state index contributed by atoms with van der Waals surface area (Å²) in [6.45, 7) is 0. The van der Waals surface area contributed by atoms with E-state index in [1.165, 1.54) is 7.11 Å². The summed E-state index contributed by atoms with van der Waals surface area (Å²) < 4.78 is 6.84. The second-order valence-corrected chi connectivity index (χ2v) is 6.40. The number of methoxy groups -OCH3 is 1. The largest absolute Gasteiger partial charge is 0.465 e. The zero-order valence-electron chi connectivity index (χ0n) is 14.4. The molecule has 0 saturated carbocycles. The molecule has 1 aliphatic rings. The van der Waals surface area contributed by atoms with Crippen LogP contribution in [0.25, 0.3) is 5.65 Å². The van der Waals surface area contributed by atoms with Gasteiger partial charge in [-0.25, -0.2) is 9.78 Å². The van der Waals surface area contributed by atoms with Crippen LogP contribution in [-0.2, 0) is 22.4 Å². The average Bonchev–Trinajstić information content (AvgIpc) is 3.05. The molecule has 2 aromatic heterocycles. The highest BCUT2D eigenvalue weighted by molar-refractivity contribution is 6.01. The number of nitrogens with one attached hydrogen (secondary N) is 1. The zero-order chi connectivity index (χ0) is 18.1. The Kier molecular flexibility index (Phi) is 4.16. The van der Waals surface area contributed by atoms with Gasteiger partial charge in [0.15, 0.2) is 0 Å². The fraction of sp³-hybridized carbons (Fsp3) is 0.250. The predicted octanol–water partition coefficient (Wildman–Crippen LogP) is 2.86. The van der Waals surface area contributed by atoms with Gasteiger partial charge in [0.05, 0.1) is 24.1 Å².